The summed E-state index contributed by atoms with van der Waals surface area (Å²) in [6, 6.07) is 6.17. The minimum atomic E-state index is -3.45. The fraction of sp³-hybridized carbons (Fsp3) is 0.588. The van der Waals surface area contributed by atoms with Gasteiger partial charge in [-0.1, -0.05) is 0 Å². The van der Waals surface area contributed by atoms with Crippen LogP contribution in [0.4, 0.5) is 4.39 Å². The van der Waals surface area contributed by atoms with E-state index in [1.54, 1.807) is 17.0 Å². The number of nitrogens with zero attached hydrogens (tertiary/aromatic N) is 2. The molecule has 1 aromatic rings. The third-order valence-electron chi connectivity index (χ3n) is 4.92. The second-order valence-corrected chi connectivity index (χ2v) is 8.46. The summed E-state index contributed by atoms with van der Waals surface area (Å²) in [6.45, 7) is 1.91. The maximum Gasteiger partial charge on any atom is 0.253 e. The van der Waals surface area contributed by atoms with Crippen LogP contribution in [0, 0.1) is 5.92 Å². The first kappa shape index (κ1) is 17.4. The third kappa shape index (κ3) is 3.47. The predicted octanol–water partition coefficient (Wildman–Crippen LogP) is 2.29. The lowest BCUT2D eigenvalue weighted by atomic mass is 9.98. The molecule has 0 N–H and O–H groups in total. The van der Waals surface area contributed by atoms with Crippen molar-refractivity contribution in [3.63, 3.8) is 0 Å². The molecule has 2 aliphatic rings. The summed E-state index contributed by atoms with van der Waals surface area (Å²) in [6.07, 6.45) is 3.16. The van der Waals surface area contributed by atoms with Crippen molar-refractivity contribution in [2.75, 3.05) is 32.9 Å². The molecule has 2 aliphatic heterocycles. The Morgan fingerprint density at radius 1 is 1.04 bits per heavy atom. The first-order chi connectivity index (χ1) is 11.5. The highest BCUT2D eigenvalue weighted by molar-refractivity contribution is 7.89. The maximum absolute atomic E-state index is 12.6. The number of sulfonamides is 1. The van der Waals surface area contributed by atoms with Crippen LogP contribution in [0.2, 0.25) is 0 Å². The Kier molecular flexibility index (Phi) is 5.20. The molecule has 7 heteroatoms. The van der Waals surface area contributed by atoms with Crippen molar-refractivity contribution in [1.82, 2.24) is 9.21 Å². The summed E-state index contributed by atoms with van der Waals surface area (Å²) in [4.78, 5) is 14.4. The van der Waals surface area contributed by atoms with Gasteiger partial charge in [0.25, 0.3) is 5.91 Å². The summed E-state index contributed by atoms with van der Waals surface area (Å²) in [5, 5.41) is 0. The monoisotopic (exact) mass is 354 g/mol. The number of benzene rings is 1. The molecule has 0 atom stereocenters. The number of rotatable bonds is 4. The Balaban J connectivity index is 1.69. The van der Waals surface area contributed by atoms with Crippen LogP contribution in [0.1, 0.15) is 36.0 Å². The second-order valence-electron chi connectivity index (χ2n) is 6.53. The highest BCUT2D eigenvalue weighted by Crippen LogP contribution is 2.23. The minimum absolute atomic E-state index is 0.0574. The Morgan fingerprint density at radius 3 is 2.17 bits per heavy atom. The number of carbonyl (C=O) groups excluding carboxylic acids is 1. The lowest BCUT2D eigenvalue weighted by Gasteiger charge is -2.30. The second kappa shape index (κ2) is 7.19. The van der Waals surface area contributed by atoms with Gasteiger partial charge in [-0.15, -0.1) is 0 Å². The molecule has 0 radical (unpaired) electrons. The van der Waals surface area contributed by atoms with Crippen LogP contribution < -0.4 is 0 Å². The zero-order valence-electron chi connectivity index (χ0n) is 13.7. The zero-order chi connectivity index (χ0) is 17.2. The molecule has 0 saturated carbocycles. The number of likely N-dealkylation sites (tertiary alicyclic amines) is 1. The normalized spacial score (nSPS) is 20.5. The van der Waals surface area contributed by atoms with Gasteiger partial charge in [0, 0.05) is 31.7 Å². The van der Waals surface area contributed by atoms with Crippen molar-refractivity contribution < 1.29 is 17.6 Å². The number of halogens is 1. The standard InChI is InChI=1S/C17H23FN2O3S/c18-13-14-7-11-19(12-8-14)17(21)15-3-5-16(6-4-15)24(22,23)20-9-1-2-10-20/h3-6,14H,1-2,7-13H2. The van der Waals surface area contributed by atoms with Crippen LogP contribution in [0.5, 0.6) is 0 Å². The van der Waals surface area contributed by atoms with Crippen LogP contribution in [0.3, 0.4) is 0 Å². The molecule has 0 aliphatic carbocycles. The minimum Gasteiger partial charge on any atom is -0.339 e. The smallest absolute Gasteiger partial charge is 0.253 e. The van der Waals surface area contributed by atoms with Gasteiger partial charge in [0.2, 0.25) is 10.0 Å². The van der Waals surface area contributed by atoms with Crippen molar-refractivity contribution in [2.24, 2.45) is 5.92 Å². The summed E-state index contributed by atoms with van der Waals surface area (Å²) in [5.74, 6) is -0.0561. The molecule has 1 aromatic carbocycles. The van der Waals surface area contributed by atoms with E-state index < -0.39 is 10.0 Å². The zero-order valence-corrected chi connectivity index (χ0v) is 14.5. The van der Waals surface area contributed by atoms with E-state index in [2.05, 4.69) is 0 Å². The van der Waals surface area contributed by atoms with Crippen LogP contribution >= 0.6 is 0 Å². The SMILES string of the molecule is O=C(c1ccc(S(=O)(=O)N2CCCC2)cc1)N1CCC(CF)CC1. The highest BCUT2D eigenvalue weighted by atomic mass is 32.2. The Labute approximate surface area is 142 Å². The van der Waals surface area contributed by atoms with Crippen molar-refractivity contribution in [1.29, 1.82) is 0 Å². The summed E-state index contributed by atoms with van der Waals surface area (Å²) in [5.41, 5.74) is 0.481. The van der Waals surface area contributed by atoms with Crippen molar-refractivity contribution in [3.8, 4) is 0 Å². The van der Waals surface area contributed by atoms with Gasteiger partial charge in [0.05, 0.1) is 11.6 Å². The Hall–Kier alpha value is -1.47. The highest BCUT2D eigenvalue weighted by Gasteiger charge is 2.28. The molecule has 5 nitrogen and oxygen atoms in total. The quantitative estimate of drug-likeness (QED) is 0.834. The molecule has 0 bridgehead atoms. The number of carbonyl (C=O) groups is 1. The summed E-state index contributed by atoms with van der Waals surface area (Å²) in [7, 11) is -3.45. The predicted molar refractivity (Wildman–Crippen MR) is 89.0 cm³/mol. The Bertz CT molecular complexity index is 676. The molecule has 2 fully saturated rings. The average molecular weight is 354 g/mol. The number of piperidine rings is 1. The molecule has 1 amide bonds. The van der Waals surface area contributed by atoms with Crippen molar-refractivity contribution in [2.45, 2.75) is 30.6 Å². The molecule has 2 saturated heterocycles. The van der Waals surface area contributed by atoms with Crippen LogP contribution in [-0.2, 0) is 10.0 Å². The molecular formula is C17H23FN2O3S. The van der Waals surface area contributed by atoms with Gasteiger partial charge in [-0.2, -0.15) is 4.31 Å². The van der Waals surface area contributed by atoms with E-state index in [1.165, 1.54) is 16.4 Å². The Morgan fingerprint density at radius 2 is 1.62 bits per heavy atom. The van der Waals surface area contributed by atoms with Crippen molar-refractivity contribution >= 4 is 15.9 Å². The molecule has 2 heterocycles. The van der Waals surface area contributed by atoms with E-state index >= 15 is 0 Å². The van der Waals surface area contributed by atoms with Crippen molar-refractivity contribution in [3.05, 3.63) is 29.8 Å². The molecule has 3 rings (SSSR count). The van der Waals surface area contributed by atoms with E-state index in [9.17, 15) is 17.6 Å². The van der Waals surface area contributed by atoms with Gasteiger partial charge in [-0.3, -0.25) is 9.18 Å². The van der Waals surface area contributed by atoms with Crippen LogP contribution in [0.15, 0.2) is 29.2 Å². The van der Waals surface area contributed by atoms with Gasteiger partial charge < -0.3 is 4.90 Å². The van der Waals surface area contributed by atoms with E-state index in [4.69, 9.17) is 0 Å². The molecule has 24 heavy (non-hydrogen) atoms. The van der Waals surface area contributed by atoms with Gasteiger partial charge in [0.1, 0.15) is 0 Å². The topological polar surface area (TPSA) is 57.7 Å². The lowest BCUT2D eigenvalue weighted by Crippen LogP contribution is -2.38. The van der Waals surface area contributed by atoms with E-state index in [1.807, 2.05) is 0 Å². The number of hydrogen-bond acceptors (Lipinski definition) is 3. The molecule has 0 aromatic heterocycles. The average Bonchev–Trinajstić information content (AvgIpc) is 3.17. The largest absolute Gasteiger partial charge is 0.339 e. The third-order valence-corrected chi connectivity index (χ3v) is 6.84. The fourth-order valence-electron chi connectivity index (χ4n) is 3.32. The molecule has 0 unspecified atom stereocenters. The maximum atomic E-state index is 12.6. The van der Waals surface area contributed by atoms with E-state index in [-0.39, 0.29) is 23.4 Å². The first-order valence-corrected chi connectivity index (χ1v) is 9.92. The summed E-state index contributed by atoms with van der Waals surface area (Å²) >= 11 is 0. The van der Waals surface area contributed by atoms with E-state index in [0.717, 1.165) is 12.8 Å². The van der Waals surface area contributed by atoms with Gasteiger partial charge in [-0.25, -0.2) is 8.42 Å². The number of alkyl halides is 1. The van der Waals surface area contributed by atoms with Gasteiger partial charge in [0.15, 0.2) is 0 Å². The van der Waals surface area contributed by atoms with Crippen LogP contribution in [0.25, 0.3) is 0 Å². The van der Waals surface area contributed by atoms with E-state index in [0.29, 0.717) is 44.6 Å². The molecular weight excluding hydrogens is 331 g/mol. The van der Waals surface area contributed by atoms with Gasteiger partial charge in [-0.05, 0) is 55.9 Å². The first-order valence-electron chi connectivity index (χ1n) is 8.48. The molecule has 0 spiro atoms. The molecule has 132 valence electrons. The summed E-state index contributed by atoms with van der Waals surface area (Å²) < 4.78 is 39.1. The van der Waals surface area contributed by atoms with Gasteiger partial charge >= 0.3 is 0 Å². The fourth-order valence-corrected chi connectivity index (χ4v) is 4.84. The number of amides is 1. The van der Waals surface area contributed by atoms with Crippen LogP contribution in [-0.4, -0.2) is 56.4 Å². The lowest BCUT2D eigenvalue weighted by molar-refractivity contribution is 0.0677. The number of hydrogen-bond donors (Lipinski definition) is 0.